The average molecular weight is 291 g/mol. The summed E-state index contributed by atoms with van der Waals surface area (Å²) in [5, 5.41) is 15.0. The third kappa shape index (κ3) is 2.79. The lowest BCUT2D eigenvalue weighted by atomic mass is 10.0. The number of hydrogen-bond acceptors (Lipinski definition) is 2. The Morgan fingerprint density at radius 1 is 0.955 bits per heavy atom. The molecule has 0 bridgehead atoms. The normalized spacial score (nSPS) is 12.0. The summed E-state index contributed by atoms with van der Waals surface area (Å²) in [5.74, 6) is -0.288. The SMILES string of the molecule is C[C@@H](NC(=O)c1ccccc1O)c1ccc2ccccc2c1. The van der Waals surface area contributed by atoms with E-state index in [9.17, 15) is 9.90 Å². The van der Waals surface area contributed by atoms with Crippen molar-refractivity contribution in [3.8, 4) is 5.75 Å². The molecule has 0 spiro atoms. The van der Waals surface area contributed by atoms with Gasteiger partial charge in [-0.05, 0) is 41.5 Å². The first-order valence-electron chi connectivity index (χ1n) is 7.23. The van der Waals surface area contributed by atoms with E-state index in [0.29, 0.717) is 0 Å². The van der Waals surface area contributed by atoms with Crippen molar-refractivity contribution in [2.75, 3.05) is 0 Å². The van der Waals surface area contributed by atoms with E-state index in [1.54, 1.807) is 18.2 Å². The summed E-state index contributed by atoms with van der Waals surface area (Å²) in [6.45, 7) is 1.93. The molecule has 0 aliphatic heterocycles. The fraction of sp³-hybridized carbons (Fsp3) is 0.105. The van der Waals surface area contributed by atoms with E-state index in [1.165, 1.54) is 11.5 Å². The van der Waals surface area contributed by atoms with Gasteiger partial charge in [-0.2, -0.15) is 0 Å². The molecule has 1 atom stereocenters. The largest absolute Gasteiger partial charge is 0.507 e. The Hall–Kier alpha value is -2.81. The van der Waals surface area contributed by atoms with E-state index < -0.39 is 0 Å². The number of phenols is 1. The van der Waals surface area contributed by atoms with Gasteiger partial charge < -0.3 is 10.4 Å². The van der Waals surface area contributed by atoms with Crippen LogP contribution in [-0.4, -0.2) is 11.0 Å². The van der Waals surface area contributed by atoms with Crippen molar-refractivity contribution >= 4 is 16.7 Å². The maximum Gasteiger partial charge on any atom is 0.255 e. The topological polar surface area (TPSA) is 49.3 Å². The van der Waals surface area contributed by atoms with Crippen LogP contribution in [0.25, 0.3) is 10.8 Å². The Morgan fingerprint density at radius 3 is 2.41 bits per heavy atom. The Labute approximate surface area is 129 Å². The maximum atomic E-state index is 12.2. The van der Waals surface area contributed by atoms with Crippen LogP contribution in [-0.2, 0) is 0 Å². The van der Waals surface area contributed by atoms with Crippen LogP contribution >= 0.6 is 0 Å². The number of carbonyl (C=O) groups excluding carboxylic acids is 1. The highest BCUT2D eigenvalue weighted by atomic mass is 16.3. The smallest absolute Gasteiger partial charge is 0.255 e. The molecule has 1 amide bonds. The van der Waals surface area contributed by atoms with Crippen LogP contribution in [0.2, 0.25) is 0 Å². The number of benzene rings is 3. The van der Waals surface area contributed by atoms with E-state index in [1.807, 2.05) is 31.2 Å². The van der Waals surface area contributed by atoms with E-state index in [-0.39, 0.29) is 23.3 Å². The molecule has 3 rings (SSSR count). The van der Waals surface area contributed by atoms with Crippen molar-refractivity contribution in [3.63, 3.8) is 0 Å². The zero-order valence-corrected chi connectivity index (χ0v) is 12.3. The number of carbonyl (C=O) groups is 1. The predicted molar refractivity (Wildman–Crippen MR) is 87.9 cm³/mol. The van der Waals surface area contributed by atoms with Gasteiger partial charge in [0.25, 0.3) is 5.91 Å². The third-order valence-corrected chi connectivity index (χ3v) is 3.77. The van der Waals surface area contributed by atoms with Crippen molar-refractivity contribution in [1.29, 1.82) is 0 Å². The number of hydrogen-bond donors (Lipinski definition) is 2. The summed E-state index contributed by atoms with van der Waals surface area (Å²) in [4.78, 5) is 12.2. The molecule has 3 aromatic carbocycles. The maximum absolute atomic E-state index is 12.2. The molecule has 0 aliphatic carbocycles. The van der Waals surface area contributed by atoms with E-state index in [0.717, 1.165) is 10.9 Å². The van der Waals surface area contributed by atoms with Crippen molar-refractivity contribution in [2.24, 2.45) is 0 Å². The summed E-state index contributed by atoms with van der Waals surface area (Å²) >= 11 is 0. The Morgan fingerprint density at radius 2 is 1.64 bits per heavy atom. The Kier molecular flexibility index (Phi) is 3.79. The number of amides is 1. The minimum atomic E-state index is -0.279. The van der Waals surface area contributed by atoms with Gasteiger partial charge in [0.1, 0.15) is 5.75 Å². The van der Waals surface area contributed by atoms with Gasteiger partial charge in [-0.15, -0.1) is 0 Å². The van der Waals surface area contributed by atoms with Gasteiger partial charge in [-0.25, -0.2) is 0 Å². The molecule has 0 saturated carbocycles. The van der Waals surface area contributed by atoms with Crippen molar-refractivity contribution in [3.05, 3.63) is 77.9 Å². The lowest BCUT2D eigenvalue weighted by molar-refractivity contribution is 0.0937. The molecular formula is C19H17NO2. The number of nitrogens with one attached hydrogen (secondary N) is 1. The summed E-state index contributed by atoms with van der Waals surface area (Å²) in [5.41, 5.74) is 1.32. The Bertz CT molecular complexity index is 826. The van der Waals surface area contributed by atoms with E-state index in [2.05, 4.69) is 23.5 Å². The first-order valence-corrected chi connectivity index (χ1v) is 7.23. The van der Waals surface area contributed by atoms with E-state index in [4.69, 9.17) is 0 Å². The molecule has 0 heterocycles. The fourth-order valence-corrected chi connectivity index (χ4v) is 2.50. The molecule has 110 valence electrons. The molecule has 2 N–H and O–H groups in total. The van der Waals surface area contributed by atoms with Crippen LogP contribution in [0.1, 0.15) is 28.9 Å². The number of para-hydroxylation sites is 1. The van der Waals surface area contributed by atoms with E-state index >= 15 is 0 Å². The van der Waals surface area contributed by atoms with Gasteiger partial charge in [0.15, 0.2) is 0 Å². The second kappa shape index (κ2) is 5.90. The van der Waals surface area contributed by atoms with Crippen LogP contribution < -0.4 is 5.32 Å². The van der Waals surface area contributed by atoms with Gasteiger partial charge >= 0.3 is 0 Å². The third-order valence-electron chi connectivity index (χ3n) is 3.77. The lowest BCUT2D eigenvalue weighted by Crippen LogP contribution is -2.26. The summed E-state index contributed by atoms with van der Waals surface area (Å²) in [6.07, 6.45) is 0. The summed E-state index contributed by atoms with van der Waals surface area (Å²) in [6, 6.07) is 20.7. The minimum Gasteiger partial charge on any atom is -0.507 e. The molecule has 0 aromatic heterocycles. The highest BCUT2D eigenvalue weighted by Crippen LogP contribution is 2.22. The fourth-order valence-electron chi connectivity index (χ4n) is 2.50. The lowest BCUT2D eigenvalue weighted by Gasteiger charge is -2.15. The second-order valence-electron chi connectivity index (χ2n) is 5.32. The first-order chi connectivity index (χ1) is 10.6. The molecule has 3 aromatic rings. The standard InChI is InChI=1S/C19H17NO2/c1-13(20-19(22)17-8-4-5-9-18(17)21)15-11-10-14-6-2-3-7-16(14)12-15/h2-13,21H,1H3,(H,20,22)/t13-/m1/s1. The zero-order chi connectivity index (χ0) is 15.5. The Balaban J connectivity index is 1.82. The van der Waals surface area contributed by atoms with Gasteiger partial charge in [0.05, 0.1) is 11.6 Å². The number of fused-ring (bicyclic) bond motifs is 1. The highest BCUT2D eigenvalue weighted by molar-refractivity contribution is 5.97. The van der Waals surface area contributed by atoms with Crippen LogP contribution in [0.5, 0.6) is 5.75 Å². The van der Waals surface area contributed by atoms with Crippen LogP contribution in [0.15, 0.2) is 66.7 Å². The van der Waals surface area contributed by atoms with Crippen LogP contribution in [0.3, 0.4) is 0 Å². The second-order valence-corrected chi connectivity index (χ2v) is 5.32. The van der Waals surface area contributed by atoms with Gasteiger partial charge in [-0.3, -0.25) is 4.79 Å². The zero-order valence-electron chi connectivity index (χ0n) is 12.3. The highest BCUT2D eigenvalue weighted by Gasteiger charge is 2.14. The molecule has 0 radical (unpaired) electrons. The number of aromatic hydroxyl groups is 1. The van der Waals surface area contributed by atoms with Crippen molar-refractivity contribution in [2.45, 2.75) is 13.0 Å². The van der Waals surface area contributed by atoms with Crippen LogP contribution in [0, 0.1) is 0 Å². The van der Waals surface area contributed by atoms with Crippen LogP contribution in [0.4, 0.5) is 0 Å². The summed E-state index contributed by atoms with van der Waals surface area (Å²) < 4.78 is 0. The molecule has 22 heavy (non-hydrogen) atoms. The average Bonchev–Trinajstić information content (AvgIpc) is 2.54. The van der Waals surface area contributed by atoms with Gasteiger partial charge in [0, 0.05) is 0 Å². The molecule has 0 saturated heterocycles. The van der Waals surface area contributed by atoms with Gasteiger partial charge in [-0.1, -0.05) is 48.5 Å². The molecule has 0 fully saturated rings. The van der Waals surface area contributed by atoms with Gasteiger partial charge in [0.2, 0.25) is 0 Å². The quantitative estimate of drug-likeness (QED) is 0.765. The molecule has 0 aliphatic rings. The monoisotopic (exact) mass is 291 g/mol. The summed E-state index contributed by atoms with van der Waals surface area (Å²) in [7, 11) is 0. The van der Waals surface area contributed by atoms with Crippen molar-refractivity contribution in [1.82, 2.24) is 5.32 Å². The number of phenolic OH excluding ortho intramolecular Hbond substituents is 1. The number of rotatable bonds is 3. The molecule has 3 nitrogen and oxygen atoms in total. The molecule has 0 unspecified atom stereocenters. The molecular weight excluding hydrogens is 274 g/mol. The minimum absolute atomic E-state index is 0.00860. The first kappa shape index (κ1) is 14.1. The van der Waals surface area contributed by atoms with Crippen molar-refractivity contribution < 1.29 is 9.90 Å². The predicted octanol–water partition coefficient (Wildman–Crippen LogP) is 4.04. The molecule has 3 heteroatoms.